The Morgan fingerprint density at radius 2 is 1.61 bits per heavy atom. The maximum Gasteiger partial charge on any atom is 0.417 e. The van der Waals surface area contributed by atoms with Gasteiger partial charge in [0.25, 0.3) is 5.91 Å². The average molecular weight is 405 g/mol. The lowest BCUT2D eigenvalue weighted by atomic mass is 9.89. The highest BCUT2D eigenvalue weighted by molar-refractivity contribution is 8.03. The highest BCUT2D eigenvalue weighted by atomic mass is 32.2. The summed E-state index contributed by atoms with van der Waals surface area (Å²) in [6, 6.07) is 14.9. The molecule has 1 aliphatic rings. The molecule has 0 atom stereocenters. The minimum Gasteiger partial charge on any atom is -0.301 e. The van der Waals surface area contributed by atoms with E-state index in [-0.39, 0.29) is 11.0 Å². The molecule has 0 N–H and O–H groups in total. The van der Waals surface area contributed by atoms with E-state index in [1.807, 2.05) is 51.1 Å². The van der Waals surface area contributed by atoms with Crippen molar-refractivity contribution >= 4 is 17.7 Å². The summed E-state index contributed by atoms with van der Waals surface area (Å²) in [6.07, 6.45) is -3.92. The molecule has 0 unspecified atom stereocenters. The van der Waals surface area contributed by atoms with Crippen molar-refractivity contribution in [3.63, 3.8) is 0 Å². The number of thioether (sulfide) groups is 1. The summed E-state index contributed by atoms with van der Waals surface area (Å²) < 4.78 is 40.2. The molecule has 0 spiro atoms. The van der Waals surface area contributed by atoms with Gasteiger partial charge < -0.3 is 4.90 Å². The van der Waals surface area contributed by atoms with E-state index < -0.39 is 17.6 Å². The Hall–Kier alpha value is -2.21. The average Bonchev–Trinajstić information content (AvgIpc) is 3.05. The van der Waals surface area contributed by atoms with Crippen LogP contribution in [0, 0.1) is 5.41 Å². The fourth-order valence-electron chi connectivity index (χ4n) is 3.39. The van der Waals surface area contributed by atoms with E-state index in [2.05, 4.69) is 0 Å². The Morgan fingerprint density at radius 1 is 1.00 bits per heavy atom. The Labute approximate surface area is 167 Å². The van der Waals surface area contributed by atoms with Crippen LogP contribution in [0.2, 0.25) is 0 Å². The summed E-state index contributed by atoms with van der Waals surface area (Å²) >= 11 is 1.52. The number of rotatable bonds is 3. The van der Waals surface area contributed by atoms with Crippen molar-refractivity contribution in [3.8, 4) is 0 Å². The third-order valence-corrected chi connectivity index (χ3v) is 5.60. The van der Waals surface area contributed by atoms with E-state index in [9.17, 15) is 18.0 Å². The van der Waals surface area contributed by atoms with Gasteiger partial charge in [-0.05, 0) is 17.7 Å². The molecule has 0 radical (unpaired) electrons. The molecular formula is C22H22F3NOS. The zero-order chi connectivity index (χ0) is 20.5. The zero-order valence-corrected chi connectivity index (χ0v) is 16.8. The first kappa shape index (κ1) is 20.5. The number of halogens is 3. The van der Waals surface area contributed by atoms with Crippen LogP contribution in [0.15, 0.2) is 65.2 Å². The number of nitrogens with zero attached hydrogens (tertiary/aromatic N) is 1. The fraction of sp³-hybridized carbons (Fsp3) is 0.318. The van der Waals surface area contributed by atoms with Crippen molar-refractivity contribution in [3.05, 3.63) is 81.9 Å². The molecule has 0 fully saturated rings. The normalized spacial score (nSPS) is 15.3. The third kappa shape index (κ3) is 4.27. The van der Waals surface area contributed by atoms with Crippen molar-refractivity contribution in [1.82, 2.24) is 4.90 Å². The van der Waals surface area contributed by atoms with Gasteiger partial charge in [0.15, 0.2) is 0 Å². The van der Waals surface area contributed by atoms with Crippen LogP contribution in [0.1, 0.15) is 42.3 Å². The molecule has 3 rings (SSSR count). The Balaban J connectivity index is 2.01. The molecule has 0 aliphatic carbocycles. The molecular weight excluding hydrogens is 383 g/mol. The molecule has 0 saturated heterocycles. The number of allylic oxidation sites excluding steroid dienone is 2. The number of carbonyl (C=O) groups excluding carboxylic acids is 1. The van der Waals surface area contributed by atoms with Crippen LogP contribution >= 0.6 is 11.8 Å². The maximum absolute atomic E-state index is 13.4. The second-order valence-electron chi connectivity index (χ2n) is 7.73. The van der Waals surface area contributed by atoms with E-state index in [0.717, 1.165) is 22.2 Å². The van der Waals surface area contributed by atoms with Crippen LogP contribution < -0.4 is 0 Å². The molecule has 0 saturated carbocycles. The first-order valence-electron chi connectivity index (χ1n) is 8.97. The highest BCUT2D eigenvalue weighted by Gasteiger charge is 2.40. The lowest BCUT2D eigenvalue weighted by molar-refractivity contribution is -0.138. The molecule has 1 aliphatic heterocycles. The van der Waals surface area contributed by atoms with Gasteiger partial charge in [-0.3, -0.25) is 4.79 Å². The minimum atomic E-state index is -4.57. The second kappa shape index (κ2) is 7.66. The highest BCUT2D eigenvalue weighted by Crippen LogP contribution is 2.44. The predicted molar refractivity (Wildman–Crippen MR) is 107 cm³/mol. The van der Waals surface area contributed by atoms with E-state index in [1.165, 1.54) is 34.9 Å². The Morgan fingerprint density at radius 3 is 2.21 bits per heavy atom. The number of alkyl halides is 3. The number of benzene rings is 2. The van der Waals surface area contributed by atoms with Crippen molar-refractivity contribution in [2.24, 2.45) is 5.41 Å². The van der Waals surface area contributed by atoms with E-state index >= 15 is 0 Å². The summed E-state index contributed by atoms with van der Waals surface area (Å²) in [6.45, 7) is 5.94. The third-order valence-electron chi connectivity index (χ3n) is 4.53. The fourth-order valence-corrected chi connectivity index (χ4v) is 4.74. The van der Waals surface area contributed by atoms with Gasteiger partial charge in [0.05, 0.1) is 17.0 Å². The first-order valence-corrected chi connectivity index (χ1v) is 9.96. The van der Waals surface area contributed by atoms with Gasteiger partial charge in [0, 0.05) is 22.4 Å². The smallest absolute Gasteiger partial charge is 0.301 e. The molecule has 1 heterocycles. The van der Waals surface area contributed by atoms with Gasteiger partial charge in [-0.1, -0.05) is 63.2 Å². The van der Waals surface area contributed by atoms with E-state index in [4.69, 9.17) is 0 Å². The molecule has 6 heteroatoms. The van der Waals surface area contributed by atoms with Crippen molar-refractivity contribution < 1.29 is 18.0 Å². The summed E-state index contributed by atoms with van der Waals surface area (Å²) in [4.78, 5) is 15.7. The lowest BCUT2D eigenvalue weighted by Crippen LogP contribution is -2.34. The van der Waals surface area contributed by atoms with Crippen LogP contribution in [0.25, 0.3) is 0 Å². The Bertz CT molecular complexity index is 898. The monoisotopic (exact) mass is 405 g/mol. The summed E-state index contributed by atoms with van der Waals surface area (Å²) in [5, 5.41) is 0. The van der Waals surface area contributed by atoms with Gasteiger partial charge in [-0.2, -0.15) is 13.2 Å². The quantitative estimate of drug-likeness (QED) is 0.593. The largest absolute Gasteiger partial charge is 0.417 e. The minimum absolute atomic E-state index is 0.307. The molecule has 0 bridgehead atoms. The molecule has 2 aromatic rings. The SMILES string of the molecule is CC(C)(C)C1=C(Cc2ccccc2)SCN1C(=O)c1ccccc1C(F)(F)F. The summed E-state index contributed by atoms with van der Waals surface area (Å²) in [5.41, 5.74) is 0.323. The first-order chi connectivity index (χ1) is 13.1. The molecule has 2 aromatic carbocycles. The molecule has 148 valence electrons. The number of amides is 1. The van der Waals surface area contributed by atoms with Crippen molar-refractivity contribution in [2.45, 2.75) is 33.4 Å². The topological polar surface area (TPSA) is 20.3 Å². The standard InChI is InChI=1S/C22H22F3NOS/c1-21(2,3)19-18(13-15-9-5-4-6-10-15)28-14-26(19)20(27)16-11-7-8-12-17(16)22(23,24)25/h4-12H,13-14H2,1-3H3. The summed E-state index contributed by atoms with van der Waals surface area (Å²) in [7, 11) is 0. The van der Waals surface area contributed by atoms with Crippen LogP contribution in [0.5, 0.6) is 0 Å². The van der Waals surface area contributed by atoms with Crippen LogP contribution in [-0.4, -0.2) is 16.7 Å². The van der Waals surface area contributed by atoms with Gasteiger partial charge in [0.2, 0.25) is 0 Å². The Kier molecular flexibility index (Phi) is 5.62. The van der Waals surface area contributed by atoms with Crippen LogP contribution in [-0.2, 0) is 12.6 Å². The second-order valence-corrected chi connectivity index (χ2v) is 8.77. The van der Waals surface area contributed by atoms with Gasteiger partial charge in [-0.15, -0.1) is 11.8 Å². The van der Waals surface area contributed by atoms with Crippen LogP contribution in [0.3, 0.4) is 0 Å². The van der Waals surface area contributed by atoms with Crippen molar-refractivity contribution in [2.75, 3.05) is 5.88 Å². The zero-order valence-electron chi connectivity index (χ0n) is 16.0. The van der Waals surface area contributed by atoms with Crippen LogP contribution in [0.4, 0.5) is 13.2 Å². The van der Waals surface area contributed by atoms with E-state index in [0.29, 0.717) is 12.3 Å². The van der Waals surface area contributed by atoms with Gasteiger partial charge in [0.1, 0.15) is 0 Å². The number of hydrogen-bond acceptors (Lipinski definition) is 2. The van der Waals surface area contributed by atoms with Gasteiger partial charge in [-0.25, -0.2) is 0 Å². The predicted octanol–water partition coefficient (Wildman–Crippen LogP) is 6.35. The summed E-state index contributed by atoms with van der Waals surface area (Å²) in [5.74, 6) is -0.284. The molecule has 2 nitrogen and oxygen atoms in total. The van der Waals surface area contributed by atoms with E-state index in [1.54, 1.807) is 0 Å². The molecule has 28 heavy (non-hydrogen) atoms. The lowest BCUT2D eigenvalue weighted by Gasteiger charge is -2.30. The van der Waals surface area contributed by atoms with Crippen molar-refractivity contribution in [1.29, 1.82) is 0 Å². The maximum atomic E-state index is 13.4. The molecule has 0 aromatic heterocycles. The molecule has 1 amide bonds. The number of carbonyl (C=O) groups is 1. The number of hydrogen-bond donors (Lipinski definition) is 0. The van der Waals surface area contributed by atoms with Gasteiger partial charge >= 0.3 is 6.18 Å².